The predicted molar refractivity (Wildman–Crippen MR) is 151 cm³/mol. The zero-order valence-electron chi connectivity index (χ0n) is 22.4. The Balaban J connectivity index is 2.00. The topological polar surface area (TPSA) is 51.0 Å². The summed E-state index contributed by atoms with van der Waals surface area (Å²) in [6, 6.07) is 15.9. The predicted octanol–water partition coefficient (Wildman–Crippen LogP) is 9.24. The SMILES string of the molecule is COc1ccc(N=NC(=C2C=C(C(C)(C)C)C(=O)C(C(C)(C)C)=C2)c2sc3ccccc3c2C)cc1. The number of benzene rings is 2. The number of thiophene rings is 1. The van der Waals surface area contributed by atoms with Crippen LogP contribution in [0.4, 0.5) is 5.69 Å². The van der Waals surface area contributed by atoms with Crippen LogP contribution < -0.4 is 4.74 Å². The van der Waals surface area contributed by atoms with Crippen molar-refractivity contribution in [1.29, 1.82) is 0 Å². The minimum absolute atomic E-state index is 0.109. The van der Waals surface area contributed by atoms with Gasteiger partial charge in [-0.3, -0.25) is 4.79 Å². The minimum Gasteiger partial charge on any atom is -0.497 e. The zero-order valence-corrected chi connectivity index (χ0v) is 23.2. The van der Waals surface area contributed by atoms with Gasteiger partial charge in [0.05, 0.1) is 17.7 Å². The van der Waals surface area contributed by atoms with Gasteiger partial charge in [-0.05, 0) is 71.2 Å². The number of fused-ring (bicyclic) bond motifs is 1. The summed E-state index contributed by atoms with van der Waals surface area (Å²) in [5.41, 5.74) is 4.57. The number of ketones is 1. The molecule has 36 heavy (non-hydrogen) atoms. The zero-order chi connectivity index (χ0) is 26.3. The molecule has 0 fully saturated rings. The van der Waals surface area contributed by atoms with Crippen molar-refractivity contribution in [3.8, 4) is 5.75 Å². The molecule has 4 rings (SSSR count). The molecule has 0 aliphatic heterocycles. The van der Waals surface area contributed by atoms with Crippen molar-refractivity contribution in [1.82, 2.24) is 0 Å². The molecule has 1 aliphatic carbocycles. The Labute approximate surface area is 218 Å². The van der Waals surface area contributed by atoms with E-state index in [2.05, 4.69) is 77.8 Å². The van der Waals surface area contributed by atoms with Crippen molar-refractivity contribution in [3.05, 3.63) is 87.8 Å². The van der Waals surface area contributed by atoms with E-state index < -0.39 is 0 Å². The molecule has 1 aliphatic rings. The Bertz CT molecular complexity index is 1400. The fraction of sp³-hybridized carbons (Fsp3) is 0.323. The van der Waals surface area contributed by atoms with Crippen molar-refractivity contribution >= 4 is 38.6 Å². The number of allylic oxidation sites excluding steroid dienone is 5. The maximum absolute atomic E-state index is 13.5. The van der Waals surface area contributed by atoms with E-state index in [9.17, 15) is 4.79 Å². The lowest BCUT2D eigenvalue weighted by atomic mass is 9.71. The molecule has 186 valence electrons. The monoisotopic (exact) mass is 498 g/mol. The highest BCUT2D eigenvalue weighted by Crippen LogP contribution is 2.43. The van der Waals surface area contributed by atoms with Crippen molar-refractivity contribution < 1.29 is 9.53 Å². The summed E-state index contributed by atoms with van der Waals surface area (Å²) in [5, 5.41) is 10.7. The second-order valence-electron chi connectivity index (χ2n) is 11.2. The number of methoxy groups -OCH3 is 1. The Kier molecular flexibility index (Phi) is 6.89. The van der Waals surface area contributed by atoms with Gasteiger partial charge in [0.2, 0.25) is 0 Å². The number of hydrogen-bond donors (Lipinski definition) is 0. The summed E-state index contributed by atoms with van der Waals surface area (Å²) in [5.74, 6) is 0.882. The number of carbonyl (C=O) groups is 1. The first-order valence-electron chi connectivity index (χ1n) is 12.2. The number of ether oxygens (including phenoxy) is 1. The maximum atomic E-state index is 13.5. The van der Waals surface area contributed by atoms with Crippen LogP contribution in [0, 0.1) is 17.8 Å². The van der Waals surface area contributed by atoms with E-state index in [4.69, 9.17) is 9.85 Å². The van der Waals surface area contributed by atoms with Crippen molar-refractivity contribution in [3.63, 3.8) is 0 Å². The normalized spacial score (nSPS) is 14.9. The average molecular weight is 499 g/mol. The molecule has 0 spiro atoms. The summed E-state index contributed by atoms with van der Waals surface area (Å²) < 4.78 is 6.48. The molecule has 0 saturated heterocycles. The van der Waals surface area contributed by atoms with E-state index >= 15 is 0 Å². The molecule has 0 atom stereocenters. The average Bonchev–Trinajstić information content (AvgIpc) is 3.15. The van der Waals surface area contributed by atoms with Crippen LogP contribution >= 0.6 is 11.3 Å². The number of azo groups is 1. The molecule has 5 heteroatoms. The van der Waals surface area contributed by atoms with E-state index in [-0.39, 0.29) is 16.6 Å². The van der Waals surface area contributed by atoms with Gasteiger partial charge >= 0.3 is 0 Å². The second kappa shape index (κ2) is 9.62. The third-order valence-electron chi connectivity index (χ3n) is 6.38. The van der Waals surface area contributed by atoms with Crippen LogP contribution in [0.3, 0.4) is 0 Å². The van der Waals surface area contributed by atoms with Crippen LogP contribution in [0.25, 0.3) is 15.8 Å². The minimum atomic E-state index is -0.305. The summed E-state index contributed by atoms with van der Waals surface area (Å²) >= 11 is 1.71. The van der Waals surface area contributed by atoms with E-state index in [1.165, 1.54) is 15.6 Å². The summed E-state index contributed by atoms with van der Waals surface area (Å²) in [7, 11) is 1.64. The molecule has 1 aromatic heterocycles. The summed E-state index contributed by atoms with van der Waals surface area (Å²) in [6.07, 6.45) is 4.04. The quantitative estimate of drug-likeness (QED) is 0.337. The molecule has 0 N–H and O–H groups in total. The lowest BCUT2D eigenvalue weighted by Gasteiger charge is -2.31. The van der Waals surface area contributed by atoms with Gasteiger partial charge in [0.1, 0.15) is 11.4 Å². The van der Waals surface area contributed by atoms with Gasteiger partial charge < -0.3 is 4.74 Å². The van der Waals surface area contributed by atoms with Crippen LogP contribution in [0.1, 0.15) is 52.0 Å². The van der Waals surface area contributed by atoms with Gasteiger partial charge in [0.25, 0.3) is 0 Å². The number of hydrogen-bond acceptors (Lipinski definition) is 5. The Hall–Kier alpha value is -3.31. The Morgan fingerprint density at radius 2 is 1.44 bits per heavy atom. The standard InChI is InChI=1S/C31H34N2O2S/c1-19-23-11-9-10-12-26(23)36-29(19)27(33-32-21-13-15-22(35-8)16-14-21)20-17-24(30(2,3)4)28(34)25(18-20)31(5,6)7/h9-18H,1-8H3. The fourth-order valence-corrected chi connectivity index (χ4v) is 5.49. The highest BCUT2D eigenvalue weighted by atomic mass is 32.1. The van der Waals surface area contributed by atoms with E-state index in [0.29, 0.717) is 0 Å². The smallest absolute Gasteiger partial charge is 0.186 e. The van der Waals surface area contributed by atoms with Crippen LogP contribution in [-0.2, 0) is 4.79 Å². The van der Waals surface area contributed by atoms with Crippen molar-refractivity contribution in [2.24, 2.45) is 21.1 Å². The molecule has 3 aromatic rings. The first-order chi connectivity index (χ1) is 16.9. The largest absolute Gasteiger partial charge is 0.497 e. The maximum Gasteiger partial charge on any atom is 0.186 e. The van der Waals surface area contributed by atoms with Gasteiger partial charge in [-0.15, -0.1) is 16.5 Å². The van der Waals surface area contributed by atoms with E-state index in [1.54, 1.807) is 18.4 Å². The first-order valence-corrected chi connectivity index (χ1v) is 13.0. The Morgan fingerprint density at radius 3 is 1.97 bits per heavy atom. The number of Topliss-reactive ketones (excluding diaryl/α,β-unsaturated/α-hetero) is 1. The third kappa shape index (κ3) is 5.12. The van der Waals surface area contributed by atoms with Gasteiger partial charge in [0, 0.05) is 21.4 Å². The molecule has 0 bridgehead atoms. The van der Waals surface area contributed by atoms with Crippen LogP contribution in [0.15, 0.2) is 87.6 Å². The second-order valence-corrected chi connectivity index (χ2v) is 12.3. The highest BCUT2D eigenvalue weighted by molar-refractivity contribution is 7.20. The number of nitrogens with zero attached hydrogens (tertiary/aromatic N) is 2. The van der Waals surface area contributed by atoms with Crippen LogP contribution in [0.2, 0.25) is 0 Å². The van der Waals surface area contributed by atoms with E-state index in [0.717, 1.165) is 38.7 Å². The molecule has 0 unspecified atom stereocenters. The molecule has 0 amide bonds. The van der Waals surface area contributed by atoms with Crippen molar-refractivity contribution in [2.45, 2.75) is 48.5 Å². The number of rotatable bonds is 4. The van der Waals surface area contributed by atoms with E-state index in [1.807, 2.05) is 36.4 Å². The fourth-order valence-electron chi connectivity index (χ4n) is 4.27. The highest BCUT2D eigenvalue weighted by Gasteiger charge is 2.35. The van der Waals surface area contributed by atoms with Crippen LogP contribution in [0.5, 0.6) is 5.75 Å². The molecular weight excluding hydrogens is 464 g/mol. The number of aryl methyl sites for hydroxylation is 1. The lowest BCUT2D eigenvalue weighted by molar-refractivity contribution is -0.114. The van der Waals surface area contributed by atoms with Gasteiger partial charge in [-0.1, -0.05) is 59.7 Å². The summed E-state index contributed by atoms with van der Waals surface area (Å²) in [4.78, 5) is 14.6. The first kappa shape index (κ1) is 25.8. The Morgan fingerprint density at radius 1 is 0.861 bits per heavy atom. The molecule has 1 heterocycles. The summed E-state index contributed by atoms with van der Waals surface area (Å²) in [6.45, 7) is 14.7. The lowest BCUT2D eigenvalue weighted by Crippen LogP contribution is -2.28. The molecule has 4 nitrogen and oxygen atoms in total. The van der Waals surface area contributed by atoms with Crippen LogP contribution in [-0.4, -0.2) is 12.9 Å². The third-order valence-corrected chi connectivity index (χ3v) is 7.65. The molecule has 2 aromatic carbocycles. The van der Waals surface area contributed by atoms with Crippen molar-refractivity contribution in [2.75, 3.05) is 7.11 Å². The molecular formula is C31H34N2O2S. The molecule has 0 radical (unpaired) electrons. The molecule has 0 saturated carbocycles. The van der Waals surface area contributed by atoms with Gasteiger partial charge in [-0.25, -0.2) is 0 Å². The van der Waals surface area contributed by atoms with Gasteiger partial charge in [-0.2, -0.15) is 5.11 Å². The van der Waals surface area contributed by atoms with Gasteiger partial charge in [0.15, 0.2) is 5.78 Å². The number of carbonyl (C=O) groups excluding carboxylic acids is 1.